The van der Waals surface area contributed by atoms with E-state index in [1.165, 1.54) is 0 Å². The molecule has 0 bridgehead atoms. The zero-order valence-corrected chi connectivity index (χ0v) is 13.6. The molecule has 0 aromatic heterocycles. The highest BCUT2D eigenvalue weighted by atomic mass is 16.5. The van der Waals surface area contributed by atoms with Crippen molar-refractivity contribution in [2.45, 2.75) is 20.3 Å². The summed E-state index contributed by atoms with van der Waals surface area (Å²) in [5.41, 5.74) is 0.707. The summed E-state index contributed by atoms with van der Waals surface area (Å²) < 4.78 is 5.36. The maximum atomic E-state index is 12.1. The van der Waals surface area contributed by atoms with Crippen LogP contribution in [0.25, 0.3) is 0 Å². The van der Waals surface area contributed by atoms with Crippen LogP contribution in [0.1, 0.15) is 20.3 Å². The van der Waals surface area contributed by atoms with Crippen molar-refractivity contribution < 1.29 is 19.4 Å². The molecule has 2 rings (SSSR count). The van der Waals surface area contributed by atoms with E-state index in [0.717, 1.165) is 12.3 Å². The minimum atomic E-state index is -0.784. The van der Waals surface area contributed by atoms with Gasteiger partial charge < -0.3 is 15.2 Å². The number of likely N-dealkylation sites (tertiary alicyclic amines) is 1. The van der Waals surface area contributed by atoms with E-state index in [0.29, 0.717) is 25.3 Å². The topological polar surface area (TPSA) is 78.9 Å². The van der Waals surface area contributed by atoms with Crippen LogP contribution in [0, 0.1) is 11.8 Å². The monoisotopic (exact) mass is 320 g/mol. The summed E-state index contributed by atoms with van der Waals surface area (Å²) in [6.07, 6.45) is 0.673. The lowest BCUT2D eigenvalue weighted by Crippen LogP contribution is -2.45. The maximum Gasteiger partial charge on any atom is 0.307 e. The molecule has 6 heteroatoms. The van der Waals surface area contributed by atoms with Crippen LogP contribution in [0.15, 0.2) is 24.3 Å². The van der Waals surface area contributed by atoms with E-state index in [4.69, 9.17) is 4.74 Å². The Bertz CT molecular complexity index is 544. The molecule has 2 unspecified atom stereocenters. The van der Waals surface area contributed by atoms with Crippen LogP contribution in [-0.2, 0) is 9.59 Å². The fraction of sp³-hybridized carbons (Fsp3) is 0.529. The Balaban J connectivity index is 1.87. The number of aliphatic carboxylic acids is 1. The van der Waals surface area contributed by atoms with E-state index in [1.54, 1.807) is 12.1 Å². The fourth-order valence-corrected chi connectivity index (χ4v) is 2.97. The van der Waals surface area contributed by atoms with Gasteiger partial charge in [-0.2, -0.15) is 0 Å². The molecule has 6 nitrogen and oxygen atoms in total. The summed E-state index contributed by atoms with van der Waals surface area (Å²) in [6, 6.07) is 7.20. The van der Waals surface area contributed by atoms with Crippen molar-refractivity contribution in [1.82, 2.24) is 4.90 Å². The third-order valence-corrected chi connectivity index (χ3v) is 3.90. The molecule has 1 amide bonds. The molecule has 126 valence electrons. The van der Waals surface area contributed by atoms with Gasteiger partial charge in [0.15, 0.2) is 0 Å². The van der Waals surface area contributed by atoms with Crippen LogP contribution in [0.4, 0.5) is 5.69 Å². The molecule has 1 fully saturated rings. The number of amides is 1. The number of nitrogens with zero attached hydrogens (tertiary/aromatic N) is 1. The molecular weight excluding hydrogens is 296 g/mol. The van der Waals surface area contributed by atoms with Gasteiger partial charge in [-0.15, -0.1) is 0 Å². The first kappa shape index (κ1) is 17.3. The van der Waals surface area contributed by atoms with Gasteiger partial charge in [-0.3, -0.25) is 14.5 Å². The standard InChI is InChI=1S/C17H24N2O4/c1-3-23-15-6-4-14(5-7-15)18-16(20)11-19-9-12(2)8-13(10-19)17(21)22/h4-7,12-13H,3,8-11H2,1-2H3,(H,18,20)(H,21,22). The molecule has 0 saturated carbocycles. The minimum absolute atomic E-state index is 0.132. The number of carboxylic acid groups (broad SMARTS) is 1. The molecule has 0 radical (unpaired) electrons. The summed E-state index contributed by atoms with van der Waals surface area (Å²) in [6.45, 7) is 5.92. The first-order valence-electron chi connectivity index (χ1n) is 7.95. The van der Waals surface area contributed by atoms with Gasteiger partial charge in [-0.1, -0.05) is 6.92 Å². The summed E-state index contributed by atoms with van der Waals surface area (Å²) >= 11 is 0. The number of ether oxygens (including phenoxy) is 1. The molecule has 2 N–H and O–H groups in total. The number of carbonyl (C=O) groups is 2. The predicted octanol–water partition coefficient (Wildman–Crippen LogP) is 2.07. The number of hydrogen-bond acceptors (Lipinski definition) is 4. The molecule has 2 atom stereocenters. The number of hydrogen-bond donors (Lipinski definition) is 2. The van der Waals surface area contributed by atoms with Crippen LogP contribution in [0.2, 0.25) is 0 Å². The minimum Gasteiger partial charge on any atom is -0.494 e. The number of carboxylic acids is 1. The summed E-state index contributed by atoms with van der Waals surface area (Å²) in [5.74, 6) is -0.263. The van der Waals surface area contributed by atoms with Crippen molar-refractivity contribution >= 4 is 17.6 Å². The Morgan fingerprint density at radius 1 is 1.30 bits per heavy atom. The smallest absolute Gasteiger partial charge is 0.307 e. The Labute approximate surface area is 136 Å². The lowest BCUT2D eigenvalue weighted by Gasteiger charge is -2.34. The third-order valence-electron chi connectivity index (χ3n) is 3.90. The van der Waals surface area contributed by atoms with Gasteiger partial charge in [0.05, 0.1) is 19.1 Å². The third kappa shape index (κ3) is 5.25. The van der Waals surface area contributed by atoms with Crippen LogP contribution in [0.3, 0.4) is 0 Å². The van der Waals surface area contributed by atoms with Gasteiger partial charge in [0.2, 0.25) is 5.91 Å². The molecule has 1 aromatic carbocycles. The van der Waals surface area contributed by atoms with Gasteiger partial charge in [0, 0.05) is 18.8 Å². The zero-order valence-electron chi connectivity index (χ0n) is 13.6. The summed E-state index contributed by atoms with van der Waals surface area (Å²) in [7, 11) is 0. The van der Waals surface area contributed by atoms with Crippen molar-refractivity contribution in [2.75, 3.05) is 31.6 Å². The van der Waals surface area contributed by atoms with E-state index < -0.39 is 11.9 Å². The van der Waals surface area contributed by atoms with E-state index in [1.807, 2.05) is 30.9 Å². The first-order valence-corrected chi connectivity index (χ1v) is 7.95. The molecule has 23 heavy (non-hydrogen) atoms. The van der Waals surface area contributed by atoms with E-state index >= 15 is 0 Å². The second-order valence-corrected chi connectivity index (χ2v) is 6.08. The summed E-state index contributed by atoms with van der Waals surface area (Å²) in [5, 5.41) is 12.0. The average Bonchev–Trinajstić information content (AvgIpc) is 2.48. The number of piperidine rings is 1. The average molecular weight is 320 g/mol. The van der Waals surface area contributed by atoms with Gasteiger partial charge in [0.1, 0.15) is 5.75 Å². The van der Waals surface area contributed by atoms with E-state index in [9.17, 15) is 14.7 Å². The van der Waals surface area contributed by atoms with Gasteiger partial charge in [-0.25, -0.2) is 0 Å². The zero-order chi connectivity index (χ0) is 16.8. The molecule has 1 saturated heterocycles. The van der Waals surface area contributed by atoms with Crippen molar-refractivity contribution in [3.63, 3.8) is 0 Å². The Morgan fingerprint density at radius 3 is 2.61 bits per heavy atom. The van der Waals surface area contributed by atoms with Crippen LogP contribution in [0.5, 0.6) is 5.75 Å². The van der Waals surface area contributed by atoms with Gasteiger partial charge >= 0.3 is 5.97 Å². The molecule has 0 spiro atoms. The summed E-state index contributed by atoms with van der Waals surface area (Å²) in [4.78, 5) is 25.2. The van der Waals surface area contributed by atoms with Crippen molar-refractivity contribution in [1.29, 1.82) is 0 Å². The Hall–Kier alpha value is -2.08. The Kier molecular flexibility index (Phi) is 5.98. The first-order chi connectivity index (χ1) is 11.0. The lowest BCUT2D eigenvalue weighted by molar-refractivity contribution is -0.144. The largest absolute Gasteiger partial charge is 0.494 e. The lowest BCUT2D eigenvalue weighted by atomic mass is 9.90. The van der Waals surface area contributed by atoms with Crippen molar-refractivity contribution in [2.24, 2.45) is 11.8 Å². The van der Waals surface area contributed by atoms with Crippen molar-refractivity contribution in [3.8, 4) is 5.75 Å². The number of benzene rings is 1. The molecule has 1 aliphatic heterocycles. The van der Waals surface area contributed by atoms with Crippen LogP contribution in [-0.4, -0.2) is 48.1 Å². The van der Waals surface area contributed by atoms with Crippen LogP contribution < -0.4 is 10.1 Å². The quantitative estimate of drug-likeness (QED) is 0.839. The highest BCUT2D eigenvalue weighted by Gasteiger charge is 2.30. The number of rotatable bonds is 6. The molecule has 0 aliphatic carbocycles. The van der Waals surface area contributed by atoms with E-state index in [-0.39, 0.29) is 18.4 Å². The van der Waals surface area contributed by atoms with E-state index in [2.05, 4.69) is 5.32 Å². The van der Waals surface area contributed by atoms with Gasteiger partial charge in [0.25, 0.3) is 0 Å². The second-order valence-electron chi connectivity index (χ2n) is 6.08. The molecule has 1 aromatic rings. The number of carbonyl (C=O) groups excluding carboxylic acids is 1. The highest BCUT2D eigenvalue weighted by molar-refractivity contribution is 5.92. The number of nitrogens with one attached hydrogen (secondary N) is 1. The highest BCUT2D eigenvalue weighted by Crippen LogP contribution is 2.22. The maximum absolute atomic E-state index is 12.1. The Morgan fingerprint density at radius 2 is 2.00 bits per heavy atom. The molecule has 1 heterocycles. The molecule has 1 aliphatic rings. The normalized spacial score (nSPS) is 21.7. The SMILES string of the molecule is CCOc1ccc(NC(=O)CN2CC(C)CC(C(=O)O)C2)cc1. The second kappa shape index (κ2) is 7.97. The van der Waals surface area contributed by atoms with Gasteiger partial charge in [-0.05, 0) is 43.5 Å². The molecular formula is C17H24N2O4. The van der Waals surface area contributed by atoms with Crippen molar-refractivity contribution in [3.05, 3.63) is 24.3 Å². The number of anilines is 1. The van der Waals surface area contributed by atoms with Crippen LogP contribution >= 0.6 is 0 Å². The fourth-order valence-electron chi connectivity index (χ4n) is 2.97. The predicted molar refractivity (Wildman–Crippen MR) is 87.6 cm³/mol.